The van der Waals surface area contributed by atoms with Crippen molar-refractivity contribution in [2.45, 2.75) is 0 Å². The van der Waals surface area contributed by atoms with Gasteiger partial charge in [0.15, 0.2) is 0 Å². The summed E-state index contributed by atoms with van der Waals surface area (Å²) >= 11 is 0. The molecule has 4 nitrogen and oxygen atoms in total. The average Bonchev–Trinajstić information content (AvgIpc) is 2.58. The molecule has 1 radical (unpaired) electrons. The van der Waals surface area contributed by atoms with Crippen molar-refractivity contribution < 1.29 is 27.3 Å². The molecule has 0 spiro atoms. The maximum Gasteiger partial charge on any atom is 2.00 e. The second-order valence-electron chi connectivity index (χ2n) is 4.29. The van der Waals surface area contributed by atoms with E-state index in [0.29, 0.717) is 11.3 Å². The van der Waals surface area contributed by atoms with Gasteiger partial charge < -0.3 is 10.2 Å². The summed E-state index contributed by atoms with van der Waals surface area (Å²) in [5, 5.41) is 22.7. The number of benzene rings is 2. The van der Waals surface area contributed by atoms with Crippen LogP contribution in [-0.2, 0) is 17.1 Å². The number of nitrogens with zero attached hydrogens (tertiary/aromatic N) is 2. The van der Waals surface area contributed by atoms with Crippen LogP contribution >= 0.6 is 0 Å². The third kappa shape index (κ3) is 6.34. The molecule has 0 saturated heterocycles. The summed E-state index contributed by atoms with van der Waals surface area (Å²) in [7, 11) is 0. The van der Waals surface area contributed by atoms with E-state index >= 15 is 0 Å². The van der Waals surface area contributed by atoms with Gasteiger partial charge in [0, 0.05) is 18.6 Å². The predicted octanol–water partition coefficient (Wildman–Crippen LogP) is 2.66. The Morgan fingerprint density at radius 2 is 1.35 bits per heavy atom. The van der Waals surface area contributed by atoms with Gasteiger partial charge in [0.2, 0.25) is 0 Å². The standard InChI is InChI=1S/C13H11NO2.C5H5N.Cu/c15-12-7-3-1-5-10(12)9-14-11-6-2-4-8-13(11)16;1-2-4-6-5-3-1;/h1-9,15-16H;1-5H;/q;;+2/p-2. The molecule has 3 rings (SSSR count). The first-order chi connectivity index (χ1) is 10.8. The predicted molar refractivity (Wildman–Crippen MR) is 83.3 cm³/mol. The minimum atomic E-state index is -0.151. The van der Waals surface area contributed by atoms with E-state index in [1.54, 1.807) is 48.8 Å². The summed E-state index contributed by atoms with van der Waals surface area (Å²) < 4.78 is 0. The molecule has 0 aliphatic rings. The van der Waals surface area contributed by atoms with E-state index in [4.69, 9.17) is 0 Å². The normalized spacial score (nSPS) is 9.57. The molecule has 0 saturated carbocycles. The van der Waals surface area contributed by atoms with E-state index in [0.717, 1.165) is 0 Å². The number of aromatic nitrogens is 1. The molecule has 5 heteroatoms. The van der Waals surface area contributed by atoms with Gasteiger partial charge in [0.05, 0.1) is 5.69 Å². The average molecular weight is 354 g/mol. The van der Waals surface area contributed by atoms with E-state index in [9.17, 15) is 10.2 Å². The zero-order valence-electron chi connectivity index (χ0n) is 12.1. The van der Waals surface area contributed by atoms with Crippen LogP contribution in [0.1, 0.15) is 5.56 Å². The topological polar surface area (TPSA) is 71.4 Å². The molecule has 0 aliphatic carbocycles. The molecule has 0 unspecified atom stereocenters. The van der Waals surface area contributed by atoms with Gasteiger partial charge in [-0.15, -0.1) is 5.75 Å². The molecule has 119 valence electrons. The molecule has 1 heterocycles. The number of hydrogen-bond donors (Lipinski definition) is 0. The summed E-state index contributed by atoms with van der Waals surface area (Å²) in [5.41, 5.74) is 0.816. The fraction of sp³-hybridized carbons (Fsp3) is 0. The third-order valence-corrected chi connectivity index (χ3v) is 2.69. The van der Waals surface area contributed by atoms with Gasteiger partial charge in [-0.05, 0) is 23.8 Å². The van der Waals surface area contributed by atoms with Gasteiger partial charge in [-0.2, -0.15) is 0 Å². The van der Waals surface area contributed by atoms with Crippen LogP contribution in [0.5, 0.6) is 11.5 Å². The molecule has 0 bridgehead atoms. The molecule has 2 aromatic carbocycles. The van der Waals surface area contributed by atoms with Crippen molar-refractivity contribution in [3.05, 3.63) is 84.7 Å². The van der Waals surface area contributed by atoms with Gasteiger partial charge in [0.1, 0.15) is 0 Å². The van der Waals surface area contributed by atoms with Gasteiger partial charge in [0.25, 0.3) is 0 Å². The first kappa shape index (κ1) is 18.4. The van der Waals surface area contributed by atoms with Gasteiger partial charge in [-0.1, -0.05) is 54.3 Å². The second kappa shape index (κ2) is 10.2. The number of rotatable bonds is 2. The fourth-order valence-electron chi connectivity index (χ4n) is 1.60. The minimum Gasteiger partial charge on any atom is -0.872 e. The van der Waals surface area contributed by atoms with Crippen molar-refractivity contribution in [1.29, 1.82) is 0 Å². The Labute approximate surface area is 145 Å². The van der Waals surface area contributed by atoms with Gasteiger partial charge in [-0.3, -0.25) is 9.98 Å². The van der Waals surface area contributed by atoms with E-state index < -0.39 is 0 Å². The zero-order chi connectivity index (χ0) is 15.6. The van der Waals surface area contributed by atoms with Crippen molar-refractivity contribution in [3.8, 4) is 11.5 Å². The number of para-hydroxylation sites is 3. The summed E-state index contributed by atoms with van der Waals surface area (Å²) in [5.74, 6) is -0.253. The monoisotopic (exact) mass is 353 g/mol. The maximum absolute atomic E-state index is 11.4. The van der Waals surface area contributed by atoms with Crippen molar-refractivity contribution in [2.24, 2.45) is 4.99 Å². The molecule has 0 fully saturated rings. The van der Waals surface area contributed by atoms with Crippen LogP contribution in [0.3, 0.4) is 0 Å². The molecular formula is C18H14CuN2O2. The minimum absolute atomic E-state index is 0. The summed E-state index contributed by atoms with van der Waals surface area (Å²) in [6.07, 6.45) is 4.92. The maximum atomic E-state index is 11.4. The van der Waals surface area contributed by atoms with Crippen LogP contribution < -0.4 is 10.2 Å². The molecule has 0 amide bonds. The Balaban J connectivity index is 0.000000320. The van der Waals surface area contributed by atoms with Crippen molar-refractivity contribution >= 4 is 11.9 Å². The van der Waals surface area contributed by atoms with Crippen LogP contribution in [0.2, 0.25) is 0 Å². The van der Waals surface area contributed by atoms with E-state index in [2.05, 4.69) is 9.98 Å². The Hall–Kier alpha value is -2.62. The molecule has 0 atom stereocenters. The first-order valence-electron chi connectivity index (χ1n) is 6.68. The molecule has 3 aromatic rings. The van der Waals surface area contributed by atoms with Crippen molar-refractivity contribution in [2.75, 3.05) is 0 Å². The molecule has 0 N–H and O–H groups in total. The Bertz CT molecular complexity index is 660. The first-order valence-corrected chi connectivity index (χ1v) is 6.68. The molecule has 0 aliphatic heterocycles. The number of hydrogen-bond acceptors (Lipinski definition) is 4. The van der Waals surface area contributed by atoms with Crippen molar-refractivity contribution in [1.82, 2.24) is 4.98 Å². The Morgan fingerprint density at radius 1 is 0.739 bits per heavy atom. The molecule has 1 aromatic heterocycles. The SMILES string of the molecule is [Cu+2].[O-]c1ccccc1C=Nc1ccccc1[O-].c1ccncc1. The van der Waals surface area contributed by atoms with E-state index in [1.165, 1.54) is 18.3 Å². The van der Waals surface area contributed by atoms with E-state index in [1.807, 2.05) is 18.2 Å². The van der Waals surface area contributed by atoms with Gasteiger partial charge in [-0.25, -0.2) is 0 Å². The Kier molecular flexibility index (Phi) is 8.14. The molecular weight excluding hydrogens is 340 g/mol. The largest absolute Gasteiger partial charge is 2.00 e. The number of pyridine rings is 1. The second-order valence-corrected chi connectivity index (χ2v) is 4.29. The molecule has 23 heavy (non-hydrogen) atoms. The Morgan fingerprint density at radius 3 is 1.87 bits per heavy atom. The van der Waals surface area contributed by atoms with Crippen LogP contribution in [0.25, 0.3) is 0 Å². The quantitative estimate of drug-likeness (QED) is 0.525. The summed E-state index contributed by atoms with van der Waals surface area (Å²) in [6, 6.07) is 18.7. The van der Waals surface area contributed by atoms with Crippen LogP contribution in [-0.4, -0.2) is 11.2 Å². The van der Waals surface area contributed by atoms with Crippen LogP contribution in [0, 0.1) is 0 Å². The van der Waals surface area contributed by atoms with Crippen molar-refractivity contribution in [3.63, 3.8) is 0 Å². The van der Waals surface area contributed by atoms with Gasteiger partial charge >= 0.3 is 17.1 Å². The van der Waals surface area contributed by atoms with Crippen LogP contribution in [0.15, 0.2) is 84.1 Å². The smallest absolute Gasteiger partial charge is 0.872 e. The van der Waals surface area contributed by atoms with E-state index in [-0.39, 0.29) is 28.6 Å². The zero-order valence-corrected chi connectivity index (χ0v) is 13.0. The number of aliphatic imine (C=N–C) groups is 1. The summed E-state index contributed by atoms with van der Waals surface area (Å²) in [6.45, 7) is 0. The van der Waals surface area contributed by atoms with Crippen LogP contribution in [0.4, 0.5) is 5.69 Å². The third-order valence-electron chi connectivity index (χ3n) is 2.69. The summed E-state index contributed by atoms with van der Waals surface area (Å²) in [4.78, 5) is 7.78. The fourth-order valence-corrected chi connectivity index (χ4v) is 1.60.